The summed E-state index contributed by atoms with van der Waals surface area (Å²) in [5.41, 5.74) is 3.70. The van der Waals surface area contributed by atoms with Crippen LogP contribution in [-0.4, -0.2) is 29.3 Å². The first-order valence-electron chi connectivity index (χ1n) is 8.40. The molecule has 1 unspecified atom stereocenters. The van der Waals surface area contributed by atoms with E-state index < -0.39 is 6.04 Å². The van der Waals surface area contributed by atoms with Crippen molar-refractivity contribution in [1.29, 1.82) is 0 Å². The highest BCUT2D eigenvalue weighted by molar-refractivity contribution is 9.10. The SMILES string of the molecule is Cc1ccc(NC(=O)C2CCCN2C(=O)c2ccc(Br)cc2)cc1C. The van der Waals surface area contributed by atoms with Gasteiger partial charge < -0.3 is 10.2 Å². The topological polar surface area (TPSA) is 49.4 Å². The second-order valence-corrected chi connectivity index (χ2v) is 7.37. The quantitative estimate of drug-likeness (QED) is 0.834. The Morgan fingerprint density at radius 2 is 1.80 bits per heavy atom. The summed E-state index contributed by atoms with van der Waals surface area (Å²) in [5.74, 6) is -0.212. The first-order chi connectivity index (χ1) is 12.0. The van der Waals surface area contributed by atoms with Crippen LogP contribution in [0.2, 0.25) is 0 Å². The number of anilines is 1. The number of rotatable bonds is 3. The monoisotopic (exact) mass is 400 g/mol. The Morgan fingerprint density at radius 3 is 2.48 bits per heavy atom. The molecule has 2 amide bonds. The van der Waals surface area contributed by atoms with Gasteiger partial charge in [-0.2, -0.15) is 0 Å². The fourth-order valence-corrected chi connectivity index (χ4v) is 3.35. The first kappa shape index (κ1) is 17.7. The lowest BCUT2D eigenvalue weighted by Gasteiger charge is -2.24. The third-order valence-electron chi connectivity index (χ3n) is 4.68. The number of hydrogen-bond donors (Lipinski definition) is 1. The van der Waals surface area contributed by atoms with Crippen LogP contribution in [0.1, 0.15) is 34.3 Å². The molecule has 5 heteroatoms. The standard InChI is InChI=1S/C20H21BrN2O2/c1-13-5-10-17(12-14(13)2)22-19(24)18-4-3-11-23(18)20(25)15-6-8-16(21)9-7-15/h5-10,12,18H,3-4,11H2,1-2H3,(H,22,24). The Morgan fingerprint density at radius 1 is 1.08 bits per heavy atom. The highest BCUT2D eigenvalue weighted by Gasteiger charge is 2.34. The fourth-order valence-electron chi connectivity index (χ4n) is 3.09. The molecule has 0 radical (unpaired) electrons. The largest absolute Gasteiger partial charge is 0.327 e. The molecule has 0 aromatic heterocycles. The number of nitrogens with zero attached hydrogens (tertiary/aromatic N) is 1. The number of halogens is 1. The van der Waals surface area contributed by atoms with Gasteiger partial charge in [-0.1, -0.05) is 22.0 Å². The Balaban J connectivity index is 1.74. The van der Waals surface area contributed by atoms with E-state index in [1.807, 2.05) is 44.2 Å². The van der Waals surface area contributed by atoms with Crippen LogP contribution < -0.4 is 5.32 Å². The molecule has 3 rings (SSSR count). The number of hydrogen-bond acceptors (Lipinski definition) is 2. The highest BCUT2D eigenvalue weighted by atomic mass is 79.9. The third-order valence-corrected chi connectivity index (χ3v) is 5.21. The van der Waals surface area contributed by atoms with Crippen molar-refractivity contribution in [3.63, 3.8) is 0 Å². The van der Waals surface area contributed by atoms with Gasteiger partial charge in [0.1, 0.15) is 6.04 Å². The smallest absolute Gasteiger partial charge is 0.254 e. The third kappa shape index (κ3) is 3.93. The molecule has 4 nitrogen and oxygen atoms in total. The van der Waals surface area contributed by atoms with Crippen LogP contribution in [-0.2, 0) is 4.79 Å². The summed E-state index contributed by atoms with van der Waals surface area (Å²) in [6, 6.07) is 12.7. The summed E-state index contributed by atoms with van der Waals surface area (Å²) < 4.78 is 0.925. The van der Waals surface area contributed by atoms with Crippen molar-refractivity contribution in [2.75, 3.05) is 11.9 Å². The van der Waals surface area contributed by atoms with E-state index in [0.29, 0.717) is 18.5 Å². The average Bonchev–Trinajstić information content (AvgIpc) is 3.08. The summed E-state index contributed by atoms with van der Waals surface area (Å²) in [6.07, 6.45) is 1.53. The van der Waals surface area contributed by atoms with Crippen LogP contribution in [0.4, 0.5) is 5.69 Å². The molecule has 1 atom stereocenters. The van der Waals surface area contributed by atoms with Crippen LogP contribution in [0.3, 0.4) is 0 Å². The molecule has 25 heavy (non-hydrogen) atoms. The Kier molecular flexibility index (Phi) is 5.23. The zero-order chi connectivity index (χ0) is 18.0. The van der Waals surface area contributed by atoms with Crippen molar-refractivity contribution in [2.45, 2.75) is 32.7 Å². The molecule has 0 bridgehead atoms. The lowest BCUT2D eigenvalue weighted by atomic mass is 10.1. The van der Waals surface area contributed by atoms with Crippen molar-refractivity contribution in [2.24, 2.45) is 0 Å². The van der Waals surface area contributed by atoms with E-state index in [1.165, 1.54) is 5.56 Å². The lowest BCUT2D eigenvalue weighted by molar-refractivity contribution is -0.119. The van der Waals surface area contributed by atoms with Gasteiger partial charge in [0.2, 0.25) is 5.91 Å². The zero-order valence-corrected chi connectivity index (χ0v) is 16.0. The van der Waals surface area contributed by atoms with Gasteiger partial charge in [-0.3, -0.25) is 9.59 Å². The van der Waals surface area contributed by atoms with Gasteiger partial charge in [-0.25, -0.2) is 0 Å². The van der Waals surface area contributed by atoms with Gasteiger partial charge in [-0.05, 0) is 74.2 Å². The van der Waals surface area contributed by atoms with Crippen LogP contribution in [0.25, 0.3) is 0 Å². The van der Waals surface area contributed by atoms with Crippen molar-refractivity contribution in [1.82, 2.24) is 4.90 Å². The molecule has 0 saturated carbocycles. The van der Waals surface area contributed by atoms with Crippen molar-refractivity contribution < 1.29 is 9.59 Å². The minimum absolute atomic E-state index is 0.0924. The maximum atomic E-state index is 12.8. The average molecular weight is 401 g/mol. The van der Waals surface area contributed by atoms with E-state index in [9.17, 15) is 9.59 Å². The van der Waals surface area contributed by atoms with Crippen LogP contribution in [0.5, 0.6) is 0 Å². The maximum absolute atomic E-state index is 12.8. The second-order valence-electron chi connectivity index (χ2n) is 6.45. The van der Waals surface area contributed by atoms with Gasteiger partial charge in [0.05, 0.1) is 0 Å². The summed E-state index contributed by atoms with van der Waals surface area (Å²) in [5, 5.41) is 2.96. The van der Waals surface area contributed by atoms with E-state index in [2.05, 4.69) is 21.2 Å². The zero-order valence-electron chi connectivity index (χ0n) is 14.4. The molecule has 1 aliphatic heterocycles. The van der Waals surface area contributed by atoms with Crippen molar-refractivity contribution >= 4 is 33.4 Å². The molecule has 1 N–H and O–H groups in total. The molecule has 130 valence electrons. The molecule has 2 aromatic carbocycles. The van der Waals surface area contributed by atoms with Gasteiger partial charge in [-0.15, -0.1) is 0 Å². The van der Waals surface area contributed by atoms with E-state index in [0.717, 1.165) is 22.1 Å². The molecule has 0 spiro atoms. The summed E-state index contributed by atoms with van der Waals surface area (Å²) in [6.45, 7) is 4.67. The van der Waals surface area contributed by atoms with Crippen LogP contribution in [0.15, 0.2) is 46.9 Å². The number of carbonyl (C=O) groups excluding carboxylic acids is 2. The molecular weight excluding hydrogens is 380 g/mol. The van der Waals surface area contributed by atoms with Crippen LogP contribution >= 0.6 is 15.9 Å². The van der Waals surface area contributed by atoms with Crippen molar-refractivity contribution in [3.8, 4) is 0 Å². The Bertz CT molecular complexity index is 802. The Hall–Kier alpha value is -2.14. The number of carbonyl (C=O) groups is 2. The number of likely N-dealkylation sites (tertiary alicyclic amines) is 1. The Labute approximate surface area is 156 Å². The molecule has 1 aliphatic rings. The van der Waals surface area contributed by atoms with E-state index in [4.69, 9.17) is 0 Å². The molecule has 1 fully saturated rings. The van der Waals surface area contributed by atoms with E-state index in [1.54, 1.807) is 17.0 Å². The maximum Gasteiger partial charge on any atom is 0.254 e. The number of benzene rings is 2. The number of nitrogens with one attached hydrogen (secondary N) is 1. The predicted octanol–water partition coefficient (Wildman–Crippen LogP) is 4.31. The minimum Gasteiger partial charge on any atom is -0.327 e. The second kappa shape index (κ2) is 7.40. The molecule has 1 heterocycles. The van der Waals surface area contributed by atoms with Crippen LogP contribution in [0, 0.1) is 13.8 Å². The fraction of sp³-hybridized carbons (Fsp3) is 0.300. The summed E-state index contributed by atoms with van der Waals surface area (Å²) in [4.78, 5) is 27.1. The molecule has 0 aliphatic carbocycles. The van der Waals surface area contributed by atoms with Gasteiger partial charge in [0.15, 0.2) is 0 Å². The highest BCUT2D eigenvalue weighted by Crippen LogP contribution is 2.23. The first-order valence-corrected chi connectivity index (χ1v) is 9.19. The van der Waals surface area contributed by atoms with Gasteiger partial charge >= 0.3 is 0 Å². The minimum atomic E-state index is -0.419. The number of aryl methyl sites for hydroxylation is 2. The normalized spacial score (nSPS) is 16.8. The summed E-state index contributed by atoms with van der Waals surface area (Å²) >= 11 is 3.37. The van der Waals surface area contributed by atoms with Gasteiger partial charge in [0, 0.05) is 22.3 Å². The van der Waals surface area contributed by atoms with Crippen molar-refractivity contribution in [3.05, 3.63) is 63.6 Å². The molecule has 1 saturated heterocycles. The predicted molar refractivity (Wildman–Crippen MR) is 103 cm³/mol. The van der Waals surface area contributed by atoms with Gasteiger partial charge in [0.25, 0.3) is 5.91 Å². The molecular formula is C20H21BrN2O2. The lowest BCUT2D eigenvalue weighted by Crippen LogP contribution is -2.43. The molecule has 2 aromatic rings. The summed E-state index contributed by atoms with van der Waals surface area (Å²) in [7, 11) is 0. The van der Waals surface area contributed by atoms with E-state index >= 15 is 0 Å². The number of amides is 2. The van der Waals surface area contributed by atoms with E-state index in [-0.39, 0.29) is 11.8 Å².